The maximum absolute atomic E-state index is 11.9. The van der Waals surface area contributed by atoms with Gasteiger partial charge in [-0.25, -0.2) is 0 Å². The number of amides is 1. The fraction of sp³-hybridized carbons (Fsp3) is 0. The van der Waals surface area contributed by atoms with E-state index >= 15 is 0 Å². The number of carbonyl (C=O) groups is 1. The molecule has 0 saturated carbocycles. The minimum Gasteiger partial charge on any atom is -0.452 e. The van der Waals surface area contributed by atoms with Gasteiger partial charge in [0.1, 0.15) is 6.07 Å². The lowest BCUT2D eigenvalue weighted by molar-refractivity contribution is 0.102. The predicted octanol–water partition coefficient (Wildman–Crippen LogP) is 3.82. The second-order valence-corrected chi connectivity index (χ2v) is 4.62. The molecular weight excluding hydrogens is 320 g/mol. The molecule has 1 amide bonds. The van der Waals surface area contributed by atoms with Gasteiger partial charge in [0.2, 0.25) is 5.22 Å². The first-order chi connectivity index (χ1) is 8.61. The lowest BCUT2D eigenvalue weighted by Gasteiger charge is -2.06. The number of rotatable bonds is 2. The molecule has 1 heterocycles. The molecular formula is C12H6BrClN2O2. The van der Waals surface area contributed by atoms with Gasteiger partial charge in [-0.05, 0) is 35.9 Å². The second-order valence-electron chi connectivity index (χ2n) is 3.36. The number of benzene rings is 1. The number of hydrogen-bond acceptors (Lipinski definition) is 3. The number of hydrogen-bond donors (Lipinski definition) is 1. The molecule has 0 aliphatic heterocycles. The highest BCUT2D eigenvalue weighted by molar-refractivity contribution is 9.10. The van der Waals surface area contributed by atoms with Crippen LogP contribution in [-0.2, 0) is 0 Å². The Bertz CT molecular complexity index is 646. The van der Waals surface area contributed by atoms with Crippen LogP contribution in [-0.4, -0.2) is 5.91 Å². The molecule has 1 N–H and O–H groups in total. The Morgan fingerprint density at radius 1 is 1.44 bits per heavy atom. The summed E-state index contributed by atoms with van der Waals surface area (Å²) < 4.78 is 5.59. The molecule has 2 rings (SSSR count). The van der Waals surface area contributed by atoms with E-state index in [2.05, 4.69) is 21.2 Å². The standard InChI is InChI=1S/C12H6BrClN2O2/c13-8-2-1-7(6-15)10(5-8)16-12(17)9-3-4-18-11(9)14/h1-5H,(H,16,17). The highest BCUT2D eigenvalue weighted by atomic mass is 79.9. The Morgan fingerprint density at radius 2 is 2.22 bits per heavy atom. The normalized spacial score (nSPS) is 9.83. The molecule has 1 aromatic heterocycles. The summed E-state index contributed by atoms with van der Waals surface area (Å²) in [6, 6.07) is 8.43. The van der Waals surface area contributed by atoms with Crippen LogP contribution in [0.2, 0.25) is 5.22 Å². The predicted molar refractivity (Wildman–Crippen MR) is 70.5 cm³/mol. The summed E-state index contributed by atoms with van der Waals surface area (Å²) in [5.74, 6) is -0.427. The Kier molecular flexibility index (Phi) is 3.70. The van der Waals surface area contributed by atoms with Crippen molar-refractivity contribution >= 4 is 39.1 Å². The van der Waals surface area contributed by atoms with Gasteiger partial charge < -0.3 is 9.73 Å². The Balaban J connectivity index is 2.30. The first-order valence-electron chi connectivity index (χ1n) is 4.86. The first kappa shape index (κ1) is 12.7. The monoisotopic (exact) mass is 324 g/mol. The van der Waals surface area contributed by atoms with Gasteiger partial charge in [0.05, 0.1) is 23.1 Å². The zero-order valence-electron chi connectivity index (χ0n) is 8.91. The van der Waals surface area contributed by atoms with Crippen LogP contribution in [0.15, 0.2) is 39.4 Å². The van der Waals surface area contributed by atoms with E-state index in [4.69, 9.17) is 21.3 Å². The smallest absolute Gasteiger partial charge is 0.260 e. The van der Waals surface area contributed by atoms with Crippen LogP contribution in [0.3, 0.4) is 0 Å². The SMILES string of the molecule is N#Cc1ccc(Br)cc1NC(=O)c1ccoc1Cl. The van der Waals surface area contributed by atoms with Crippen molar-refractivity contribution in [3.63, 3.8) is 0 Å². The van der Waals surface area contributed by atoms with Crippen molar-refractivity contribution in [2.75, 3.05) is 5.32 Å². The third kappa shape index (κ3) is 2.55. The van der Waals surface area contributed by atoms with Gasteiger partial charge in [0, 0.05) is 4.47 Å². The molecule has 0 atom stereocenters. The van der Waals surface area contributed by atoms with Crippen LogP contribution in [0.5, 0.6) is 0 Å². The van der Waals surface area contributed by atoms with Crippen molar-refractivity contribution in [2.45, 2.75) is 0 Å². The van der Waals surface area contributed by atoms with Crippen LogP contribution in [0.1, 0.15) is 15.9 Å². The van der Waals surface area contributed by atoms with E-state index in [1.165, 1.54) is 12.3 Å². The van der Waals surface area contributed by atoms with Crippen LogP contribution < -0.4 is 5.32 Å². The van der Waals surface area contributed by atoms with E-state index in [0.29, 0.717) is 11.3 Å². The van der Waals surface area contributed by atoms with Crippen molar-refractivity contribution in [1.29, 1.82) is 5.26 Å². The molecule has 4 nitrogen and oxygen atoms in total. The van der Waals surface area contributed by atoms with E-state index in [0.717, 1.165) is 4.47 Å². The first-order valence-corrected chi connectivity index (χ1v) is 6.03. The number of halogens is 2. The molecule has 0 saturated heterocycles. The summed E-state index contributed by atoms with van der Waals surface area (Å²) in [6.07, 6.45) is 1.32. The largest absolute Gasteiger partial charge is 0.452 e. The highest BCUT2D eigenvalue weighted by Gasteiger charge is 2.14. The number of anilines is 1. The van der Waals surface area contributed by atoms with Gasteiger partial charge in [-0.3, -0.25) is 4.79 Å². The zero-order valence-corrected chi connectivity index (χ0v) is 11.2. The zero-order chi connectivity index (χ0) is 13.1. The minimum atomic E-state index is -0.427. The maximum atomic E-state index is 11.9. The number of nitrogens with one attached hydrogen (secondary N) is 1. The van der Waals surface area contributed by atoms with Gasteiger partial charge in [-0.1, -0.05) is 15.9 Å². The van der Waals surface area contributed by atoms with Crippen molar-refractivity contribution in [2.24, 2.45) is 0 Å². The van der Waals surface area contributed by atoms with Gasteiger partial charge in [0.15, 0.2) is 0 Å². The van der Waals surface area contributed by atoms with Gasteiger partial charge >= 0.3 is 0 Å². The van der Waals surface area contributed by atoms with Crippen molar-refractivity contribution < 1.29 is 9.21 Å². The number of nitrogens with zero attached hydrogens (tertiary/aromatic N) is 1. The number of carbonyl (C=O) groups excluding carboxylic acids is 1. The Labute approximate surface area is 116 Å². The highest BCUT2D eigenvalue weighted by Crippen LogP contribution is 2.23. The molecule has 0 aliphatic rings. The molecule has 0 fully saturated rings. The quantitative estimate of drug-likeness (QED) is 0.912. The van der Waals surface area contributed by atoms with Crippen LogP contribution in [0, 0.1) is 11.3 Å². The topological polar surface area (TPSA) is 66.0 Å². The lowest BCUT2D eigenvalue weighted by Crippen LogP contribution is -2.12. The molecule has 0 bridgehead atoms. The fourth-order valence-corrected chi connectivity index (χ4v) is 1.92. The van der Waals surface area contributed by atoms with Crippen molar-refractivity contribution in [1.82, 2.24) is 0 Å². The molecule has 1 aromatic carbocycles. The minimum absolute atomic E-state index is 0.0148. The van der Waals surface area contributed by atoms with E-state index in [-0.39, 0.29) is 10.8 Å². The third-order valence-corrected chi connectivity index (χ3v) is 3.00. The number of nitriles is 1. The average Bonchev–Trinajstić information content (AvgIpc) is 2.76. The number of furan rings is 1. The second kappa shape index (κ2) is 5.25. The summed E-state index contributed by atoms with van der Waals surface area (Å²) in [7, 11) is 0. The summed E-state index contributed by atoms with van der Waals surface area (Å²) in [6.45, 7) is 0. The van der Waals surface area contributed by atoms with Crippen molar-refractivity contribution in [3.05, 3.63) is 51.3 Å². The molecule has 0 unspecified atom stereocenters. The molecule has 90 valence electrons. The van der Waals surface area contributed by atoms with E-state index in [9.17, 15) is 4.79 Å². The molecule has 0 spiro atoms. The van der Waals surface area contributed by atoms with Gasteiger partial charge in [-0.15, -0.1) is 0 Å². The average molecular weight is 326 g/mol. The maximum Gasteiger partial charge on any atom is 0.260 e. The third-order valence-electron chi connectivity index (χ3n) is 2.21. The van der Waals surface area contributed by atoms with E-state index < -0.39 is 5.91 Å². The van der Waals surface area contributed by atoms with E-state index in [1.54, 1.807) is 18.2 Å². The molecule has 0 radical (unpaired) electrons. The molecule has 0 aliphatic carbocycles. The molecule has 2 aromatic rings. The van der Waals surface area contributed by atoms with Crippen LogP contribution >= 0.6 is 27.5 Å². The van der Waals surface area contributed by atoms with Gasteiger partial charge in [0.25, 0.3) is 5.91 Å². The van der Waals surface area contributed by atoms with E-state index in [1.807, 2.05) is 6.07 Å². The Morgan fingerprint density at radius 3 is 2.83 bits per heavy atom. The van der Waals surface area contributed by atoms with Gasteiger partial charge in [-0.2, -0.15) is 5.26 Å². The summed E-state index contributed by atoms with van der Waals surface area (Å²) in [5.41, 5.74) is 1.00. The molecule has 6 heteroatoms. The fourth-order valence-electron chi connectivity index (χ4n) is 1.36. The van der Waals surface area contributed by atoms with Crippen LogP contribution in [0.25, 0.3) is 0 Å². The molecule has 18 heavy (non-hydrogen) atoms. The van der Waals surface area contributed by atoms with Crippen LogP contribution in [0.4, 0.5) is 5.69 Å². The Hall–Kier alpha value is -1.77. The summed E-state index contributed by atoms with van der Waals surface area (Å²) in [4.78, 5) is 11.9. The lowest BCUT2D eigenvalue weighted by atomic mass is 10.2. The summed E-state index contributed by atoms with van der Waals surface area (Å²) in [5, 5.41) is 11.6. The van der Waals surface area contributed by atoms with Crippen molar-refractivity contribution in [3.8, 4) is 6.07 Å². The summed E-state index contributed by atoms with van der Waals surface area (Å²) >= 11 is 8.98.